The summed E-state index contributed by atoms with van der Waals surface area (Å²) in [6, 6.07) is 20.6. The Morgan fingerprint density at radius 1 is 1.00 bits per heavy atom. The Bertz CT molecular complexity index is 554. The summed E-state index contributed by atoms with van der Waals surface area (Å²) in [5.74, 6) is 0.0763. The average Bonchev–Trinajstić information content (AvgIpc) is 2.58. The van der Waals surface area contributed by atoms with Gasteiger partial charge in [0.25, 0.3) is 0 Å². The van der Waals surface area contributed by atoms with Crippen molar-refractivity contribution in [1.82, 2.24) is 5.32 Å². The van der Waals surface area contributed by atoms with Gasteiger partial charge in [0.15, 0.2) is 0 Å². The summed E-state index contributed by atoms with van der Waals surface area (Å²) in [7, 11) is 0. The molecule has 3 heteroatoms. The van der Waals surface area contributed by atoms with E-state index in [4.69, 9.17) is 5.73 Å². The third-order valence-corrected chi connectivity index (χ3v) is 3.71. The lowest BCUT2D eigenvalue weighted by Gasteiger charge is -2.19. The third-order valence-electron chi connectivity index (χ3n) is 3.71. The standard InChI is InChI=1S/C19H24N2O/c20-15-7-12-19(22)21-18(17-10-5-2-6-11-17)14-13-16-8-3-1-4-9-16/h1-6,8-11,18H,7,12-15,20H2,(H,21,22). The summed E-state index contributed by atoms with van der Waals surface area (Å²) < 4.78 is 0. The number of hydrogen-bond acceptors (Lipinski definition) is 2. The van der Waals surface area contributed by atoms with Crippen molar-refractivity contribution in [2.45, 2.75) is 31.7 Å². The molecule has 0 saturated carbocycles. The quantitative estimate of drug-likeness (QED) is 0.786. The molecule has 0 aromatic heterocycles. The predicted molar refractivity (Wildman–Crippen MR) is 90.4 cm³/mol. The van der Waals surface area contributed by atoms with Crippen molar-refractivity contribution in [2.75, 3.05) is 6.54 Å². The summed E-state index contributed by atoms with van der Waals surface area (Å²) in [5, 5.41) is 3.14. The molecule has 0 heterocycles. The molecule has 0 aliphatic heterocycles. The van der Waals surface area contributed by atoms with Gasteiger partial charge in [-0.3, -0.25) is 4.79 Å². The molecule has 2 rings (SSSR count). The zero-order chi connectivity index (χ0) is 15.6. The van der Waals surface area contributed by atoms with Gasteiger partial charge in [-0.2, -0.15) is 0 Å². The minimum Gasteiger partial charge on any atom is -0.349 e. The van der Waals surface area contributed by atoms with Crippen molar-refractivity contribution in [3.63, 3.8) is 0 Å². The number of aryl methyl sites for hydroxylation is 1. The van der Waals surface area contributed by atoms with E-state index in [0.717, 1.165) is 24.8 Å². The van der Waals surface area contributed by atoms with Crippen molar-refractivity contribution in [3.05, 3.63) is 71.8 Å². The monoisotopic (exact) mass is 296 g/mol. The summed E-state index contributed by atoms with van der Waals surface area (Å²) in [6.07, 6.45) is 3.05. The molecule has 0 saturated heterocycles. The van der Waals surface area contributed by atoms with Crippen molar-refractivity contribution in [3.8, 4) is 0 Å². The molecule has 0 aliphatic rings. The number of nitrogens with one attached hydrogen (secondary N) is 1. The van der Waals surface area contributed by atoms with Gasteiger partial charge in [0.1, 0.15) is 0 Å². The van der Waals surface area contributed by atoms with E-state index in [-0.39, 0.29) is 11.9 Å². The number of hydrogen-bond donors (Lipinski definition) is 2. The molecule has 0 radical (unpaired) electrons. The lowest BCUT2D eigenvalue weighted by atomic mass is 9.98. The van der Waals surface area contributed by atoms with Crippen LogP contribution in [0.25, 0.3) is 0 Å². The number of carbonyl (C=O) groups excluding carboxylic acids is 1. The van der Waals surface area contributed by atoms with Crippen LogP contribution in [-0.2, 0) is 11.2 Å². The molecule has 3 N–H and O–H groups in total. The predicted octanol–water partition coefficient (Wildman–Crippen LogP) is 3.22. The Balaban J connectivity index is 2.00. The normalized spacial score (nSPS) is 11.9. The number of amides is 1. The molecule has 1 amide bonds. The van der Waals surface area contributed by atoms with Crippen LogP contribution in [0.1, 0.15) is 36.4 Å². The summed E-state index contributed by atoms with van der Waals surface area (Å²) in [4.78, 5) is 12.0. The second kappa shape index (κ2) is 9.00. The summed E-state index contributed by atoms with van der Waals surface area (Å²) in [5.41, 5.74) is 7.92. The van der Waals surface area contributed by atoms with Gasteiger partial charge in [-0.25, -0.2) is 0 Å². The maximum atomic E-state index is 12.0. The Kier molecular flexibility index (Phi) is 6.65. The zero-order valence-electron chi connectivity index (χ0n) is 12.9. The molecule has 0 spiro atoms. The van der Waals surface area contributed by atoms with Crippen LogP contribution in [0.2, 0.25) is 0 Å². The lowest BCUT2D eigenvalue weighted by molar-refractivity contribution is -0.121. The van der Waals surface area contributed by atoms with Gasteiger partial charge in [0.05, 0.1) is 6.04 Å². The van der Waals surface area contributed by atoms with Crippen molar-refractivity contribution < 1.29 is 4.79 Å². The highest BCUT2D eigenvalue weighted by Crippen LogP contribution is 2.19. The van der Waals surface area contributed by atoms with Crippen LogP contribution in [-0.4, -0.2) is 12.5 Å². The Labute approximate surface area is 132 Å². The van der Waals surface area contributed by atoms with Gasteiger partial charge in [-0.15, -0.1) is 0 Å². The van der Waals surface area contributed by atoms with E-state index in [1.165, 1.54) is 5.56 Å². The average molecular weight is 296 g/mol. The van der Waals surface area contributed by atoms with E-state index in [2.05, 4.69) is 29.6 Å². The molecule has 0 aliphatic carbocycles. The molecule has 1 atom stereocenters. The number of rotatable bonds is 8. The molecule has 1 unspecified atom stereocenters. The highest BCUT2D eigenvalue weighted by atomic mass is 16.1. The van der Waals surface area contributed by atoms with Gasteiger partial charge in [-0.05, 0) is 36.9 Å². The van der Waals surface area contributed by atoms with Crippen LogP contribution in [0.5, 0.6) is 0 Å². The SMILES string of the molecule is NCCCC(=O)NC(CCc1ccccc1)c1ccccc1. The lowest BCUT2D eigenvalue weighted by Crippen LogP contribution is -2.29. The van der Waals surface area contributed by atoms with Crippen LogP contribution < -0.4 is 11.1 Å². The zero-order valence-corrected chi connectivity index (χ0v) is 12.9. The van der Waals surface area contributed by atoms with Gasteiger partial charge < -0.3 is 11.1 Å². The molecule has 22 heavy (non-hydrogen) atoms. The van der Waals surface area contributed by atoms with E-state index < -0.39 is 0 Å². The maximum absolute atomic E-state index is 12.0. The first-order valence-corrected chi connectivity index (χ1v) is 7.88. The summed E-state index contributed by atoms with van der Waals surface area (Å²) in [6.45, 7) is 0.549. The number of benzene rings is 2. The first-order valence-electron chi connectivity index (χ1n) is 7.88. The Hall–Kier alpha value is -2.13. The number of carbonyl (C=O) groups is 1. The van der Waals surface area contributed by atoms with E-state index in [1.54, 1.807) is 0 Å². The maximum Gasteiger partial charge on any atom is 0.220 e. The third kappa shape index (κ3) is 5.34. The van der Waals surface area contributed by atoms with E-state index in [1.807, 2.05) is 36.4 Å². The fourth-order valence-electron chi connectivity index (χ4n) is 2.49. The van der Waals surface area contributed by atoms with Gasteiger partial charge in [0.2, 0.25) is 5.91 Å². The number of nitrogens with two attached hydrogens (primary N) is 1. The first-order chi connectivity index (χ1) is 10.8. The van der Waals surface area contributed by atoms with Crippen molar-refractivity contribution in [1.29, 1.82) is 0 Å². The molecule has 116 valence electrons. The fraction of sp³-hybridized carbons (Fsp3) is 0.316. The highest BCUT2D eigenvalue weighted by molar-refractivity contribution is 5.76. The van der Waals surface area contributed by atoms with E-state index >= 15 is 0 Å². The molecular weight excluding hydrogens is 272 g/mol. The van der Waals surface area contributed by atoms with Gasteiger partial charge in [0, 0.05) is 6.42 Å². The fourth-order valence-corrected chi connectivity index (χ4v) is 2.49. The second-order valence-corrected chi connectivity index (χ2v) is 5.45. The molecule has 0 fully saturated rings. The highest BCUT2D eigenvalue weighted by Gasteiger charge is 2.14. The van der Waals surface area contributed by atoms with E-state index in [0.29, 0.717) is 13.0 Å². The molecular formula is C19H24N2O. The van der Waals surface area contributed by atoms with Crippen LogP contribution in [0.3, 0.4) is 0 Å². The Morgan fingerprint density at radius 2 is 1.64 bits per heavy atom. The Morgan fingerprint density at radius 3 is 2.27 bits per heavy atom. The van der Waals surface area contributed by atoms with Crippen molar-refractivity contribution >= 4 is 5.91 Å². The van der Waals surface area contributed by atoms with Crippen LogP contribution >= 0.6 is 0 Å². The summed E-state index contributed by atoms with van der Waals surface area (Å²) >= 11 is 0. The van der Waals surface area contributed by atoms with Crippen molar-refractivity contribution in [2.24, 2.45) is 5.73 Å². The van der Waals surface area contributed by atoms with Gasteiger partial charge >= 0.3 is 0 Å². The smallest absolute Gasteiger partial charge is 0.220 e. The minimum absolute atomic E-state index is 0.0479. The topological polar surface area (TPSA) is 55.1 Å². The van der Waals surface area contributed by atoms with Crippen LogP contribution in [0.4, 0.5) is 0 Å². The van der Waals surface area contributed by atoms with E-state index in [9.17, 15) is 4.79 Å². The molecule has 2 aromatic carbocycles. The molecule has 3 nitrogen and oxygen atoms in total. The largest absolute Gasteiger partial charge is 0.349 e. The van der Waals surface area contributed by atoms with Crippen LogP contribution in [0, 0.1) is 0 Å². The second-order valence-electron chi connectivity index (χ2n) is 5.45. The minimum atomic E-state index is 0.0479. The first kappa shape index (κ1) is 16.2. The molecule has 2 aromatic rings. The van der Waals surface area contributed by atoms with Gasteiger partial charge in [-0.1, -0.05) is 60.7 Å². The molecule has 0 bridgehead atoms. The van der Waals surface area contributed by atoms with Crippen LogP contribution in [0.15, 0.2) is 60.7 Å².